The second kappa shape index (κ2) is 6.17. The average molecular weight is 146 g/mol. The van der Waals surface area contributed by atoms with E-state index in [0.29, 0.717) is 0 Å². The number of thioether (sulfide) groups is 1. The maximum Gasteiger partial charge on any atom is 0.0639 e. The van der Waals surface area contributed by atoms with E-state index in [1.807, 2.05) is 18.7 Å². The van der Waals surface area contributed by atoms with E-state index in [4.69, 9.17) is 5.11 Å². The van der Waals surface area contributed by atoms with Gasteiger partial charge in [-0.25, -0.2) is 0 Å². The van der Waals surface area contributed by atoms with E-state index in [-0.39, 0.29) is 6.61 Å². The molecule has 0 atom stereocenters. The van der Waals surface area contributed by atoms with Gasteiger partial charge in [0.1, 0.15) is 0 Å². The third-order valence-electron chi connectivity index (χ3n) is 1.00. The Balaban J connectivity index is 3.21. The van der Waals surface area contributed by atoms with Crippen LogP contribution >= 0.6 is 11.8 Å². The Morgan fingerprint density at radius 2 is 2.33 bits per heavy atom. The molecule has 0 unspecified atom stereocenters. The van der Waals surface area contributed by atoms with Crippen LogP contribution in [0.15, 0.2) is 11.6 Å². The van der Waals surface area contributed by atoms with Gasteiger partial charge in [-0.3, -0.25) is 0 Å². The minimum Gasteiger partial charge on any atom is -0.392 e. The van der Waals surface area contributed by atoms with Crippen LogP contribution in [-0.4, -0.2) is 23.2 Å². The van der Waals surface area contributed by atoms with Crippen molar-refractivity contribution in [1.29, 1.82) is 0 Å². The van der Waals surface area contributed by atoms with Gasteiger partial charge in [-0.1, -0.05) is 18.6 Å². The van der Waals surface area contributed by atoms with E-state index in [1.165, 1.54) is 0 Å². The molecule has 0 aliphatic heterocycles. The van der Waals surface area contributed by atoms with Gasteiger partial charge >= 0.3 is 0 Å². The molecule has 54 valence electrons. The van der Waals surface area contributed by atoms with Gasteiger partial charge in [0.05, 0.1) is 6.61 Å². The van der Waals surface area contributed by atoms with Crippen LogP contribution in [0.3, 0.4) is 0 Å². The molecule has 0 fully saturated rings. The lowest BCUT2D eigenvalue weighted by molar-refractivity contribution is 0.331. The summed E-state index contributed by atoms with van der Waals surface area (Å²) in [5.41, 5.74) is 1.07. The fourth-order valence-electron chi connectivity index (χ4n) is 0.384. The van der Waals surface area contributed by atoms with Crippen molar-refractivity contribution in [3.8, 4) is 0 Å². The molecule has 9 heavy (non-hydrogen) atoms. The van der Waals surface area contributed by atoms with Crippen molar-refractivity contribution in [3.63, 3.8) is 0 Å². The zero-order chi connectivity index (χ0) is 7.11. The van der Waals surface area contributed by atoms with Crippen molar-refractivity contribution in [2.75, 3.05) is 18.1 Å². The van der Waals surface area contributed by atoms with Crippen molar-refractivity contribution in [2.45, 2.75) is 13.8 Å². The van der Waals surface area contributed by atoms with Crippen molar-refractivity contribution < 1.29 is 5.11 Å². The molecule has 0 aliphatic carbocycles. The van der Waals surface area contributed by atoms with Crippen LogP contribution < -0.4 is 0 Å². The smallest absolute Gasteiger partial charge is 0.0639 e. The van der Waals surface area contributed by atoms with Gasteiger partial charge in [-0.05, 0) is 12.7 Å². The number of aliphatic hydroxyl groups is 1. The Hall–Kier alpha value is 0.0500. The Kier molecular flexibility index (Phi) is 6.21. The zero-order valence-electron chi connectivity index (χ0n) is 6.05. The van der Waals surface area contributed by atoms with Gasteiger partial charge in [0.15, 0.2) is 0 Å². The zero-order valence-corrected chi connectivity index (χ0v) is 6.87. The Morgan fingerprint density at radius 3 is 2.78 bits per heavy atom. The summed E-state index contributed by atoms with van der Waals surface area (Å²) in [5.74, 6) is 2.18. The van der Waals surface area contributed by atoms with Crippen LogP contribution in [0.25, 0.3) is 0 Å². The van der Waals surface area contributed by atoms with Gasteiger partial charge in [-0.2, -0.15) is 11.8 Å². The van der Waals surface area contributed by atoms with Crippen LogP contribution in [0.1, 0.15) is 13.8 Å². The van der Waals surface area contributed by atoms with E-state index >= 15 is 0 Å². The van der Waals surface area contributed by atoms with Crippen molar-refractivity contribution >= 4 is 11.8 Å². The topological polar surface area (TPSA) is 20.2 Å². The van der Waals surface area contributed by atoms with Crippen LogP contribution in [0.4, 0.5) is 0 Å². The lowest BCUT2D eigenvalue weighted by atomic mass is 10.3. The van der Waals surface area contributed by atoms with Gasteiger partial charge in [0.25, 0.3) is 0 Å². The predicted octanol–water partition coefficient (Wildman–Crippen LogP) is 1.68. The molecule has 0 aromatic rings. The van der Waals surface area contributed by atoms with Gasteiger partial charge < -0.3 is 5.11 Å². The summed E-state index contributed by atoms with van der Waals surface area (Å²) in [6, 6.07) is 0. The molecule has 0 saturated carbocycles. The molecule has 0 radical (unpaired) electrons. The maximum atomic E-state index is 8.56. The standard InChI is InChI=1S/C7H14OS/c1-3-9-5-4-7(2)6-8/h4,8H,3,5-6H2,1-2H3/b7-4-. The molecule has 0 amide bonds. The van der Waals surface area contributed by atoms with E-state index < -0.39 is 0 Å². The van der Waals surface area contributed by atoms with Crippen LogP contribution in [0.5, 0.6) is 0 Å². The van der Waals surface area contributed by atoms with Crippen LogP contribution in [-0.2, 0) is 0 Å². The van der Waals surface area contributed by atoms with Gasteiger partial charge in [0.2, 0.25) is 0 Å². The third kappa shape index (κ3) is 5.93. The lowest BCUT2D eigenvalue weighted by Crippen LogP contribution is -1.84. The van der Waals surface area contributed by atoms with Crippen molar-refractivity contribution in [1.82, 2.24) is 0 Å². The summed E-state index contributed by atoms with van der Waals surface area (Å²) in [6.07, 6.45) is 2.06. The number of hydrogen-bond acceptors (Lipinski definition) is 2. The predicted molar refractivity (Wildman–Crippen MR) is 43.8 cm³/mol. The van der Waals surface area contributed by atoms with E-state index in [9.17, 15) is 0 Å². The summed E-state index contributed by atoms with van der Waals surface area (Å²) in [7, 11) is 0. The highest BCUT2D eigenvalue weighted by atomic mass is 32.2. The van der Waals surface area contributed by atoms with E-state index in [1.54, 1.807) is 0 Å². The molecule has 1 N–H and O–H groups in total. The molecular weight excluding hydrogens is 132 g/mol. The summed E-state index contributed by atoms with van der Waals surface area (Å²) in [5, 5.41) is 8.56. The quantitative estimate of drug-likeness (QED) is 0.481. The first-order chi connectivity index (χ1) is 4.31. The molecule has 0 aliphatic rings. The van der Waals surface area contributed by atoms with Crippen LogP contribution in [0.2, 0.25) is 0 Å². The summed E-state index contributed by atoms with van der Waals surface area (Å²) in [6.45, 7) is 4.27. The maximum absolute atomic E-state index is 8.56. The molecule has 1 nitrogen and oxygen atoms in total. The third-order valence-corrected chi connectivity index (χ3v) is 1.81. The van der Waals surface area contributed by atoms with Gasteiger partial charge in [0, 0.05) is 5.75 Å². The van der Waals surface area contributed by atoms with E-state index in [2.05, 4.69) is 13.0 Å². The average Bonchev–Trinajstić information content (AvgIpc) is 1.89. The Morgan fingerprint density at radius 1 is 1.67 bits per heavy atom. The van der Waals surface area contributed by atoms with E-state index in [0.717, 1.165) is 17.1 Å². The summed E-state index contributed by atoms with van der Waals surface area (Å²) >= 11 is 1.86. The molecule has 0 aromatic heterocycles. The molecule has 0 saturated heterocycles. The SMILES string of the molecule is CCSC/C=C(/C)CO. The molecule has 2 heteroatoms. The highest BCUT2D eigenvalue weighted by Crippen LogP contribution is 2.00. The fraction of sp³-hybridized carbons (Fsp3) is 0.714. The molecule has 0 rings (SSSR count). The summed E-state index contributed by atoms with van der Waals surface area (Å²) in [4.78, 5) is 0. The molecule has 0 heterocycles. The largest absolute Gasteiger partial charge is 0.392 e. The number of hydrogen-bond donors (Lipinski definition) is 1. The minimum atomic E-state index is 0.199. The highest BCUT2D eigenvalue weighted by Gasteiger charge is 1.83. The van der Waals surface area contributed by atoms with Crippen molar-refractivity contribution in [2.24, 2.45) is 0 Å². The molecule has 0 aromatic carbocycles. The first kappa shape index (κ1) is 9.05. The number of aliphatic hydroxyl groups excluding tert-OH is 1. The minimum absolute atomic E-state index is 0.199. The van der Waals surface area contributed by atoms with Crippen LogP contribution in [0, 0.1) is 0 Å². The first-order valence-corrected chi connectivity index (χ1v) is 4.31. The Labute approximate surface area is 61.2 Å². The molecule has 0 spiro atoms. The fourth-order valence-corrected chi connectivity index (χ4v) is 1.02. The monoisotopic (exact) mass is 146 g/mol. The second-order valence-electron chi connectivity index (χ2n) is 1.87. The number of rotatable bonds is 4. The second-order valence-corrected chi connectivity index (χ2v) is 3.19. The normalized spacial score (nSPS) is 12.1. The van der Waals surface area contributed by atoms with Gasteiger partial charge in [-0.15, -0.1) is 0 Å². The molecular formula is C7H14OS. The molecule has 0 bridgehead atoms. The Bertz CT molecular complexity index is 88.9. The lowest BCUT2D eigenvalue weighted by Gasteiger charge is -1.93. The summed E-state index contributed by atoms with van der Waals surface area (Å²) < 4.78 is 0. The highest BCUT2D eigenvalue weighted by molar-refractivity contribution is 7.99. The van der Waals surface area contributed by atoms with Crippen molar-refractivity contribution in [3.05, 3.63) is 11.6 Å². The first-order valence-electron chi connectivity index (χ1n) is 3.15.